The Balaban J connectivity index is 2.53. The van der Waals surface area contributed by atoms with Gasteiger partial charge >= 0.3 is 0 Å². The molecule has 1 rings (SSSR count). The summed E-state index contributed by atoms with van der Waals surface area (Å²) in [4.78, 5) is 0. The van der Waals surface area contributed by atoms with Crippen LogP contribution in [-0.2, 0) is 7.05 Å². The average molecular weight is 241 g/mol. The van der Waals surface area contributed by atoms with Gasteiger partial charge in [0.1, 0.15) is 0 Å². The zero-order valence-corrected chi connectivity index (χ0v) is 11.5. The third kappa shape index (κ3) is 4.18. The minimum absolute atomic E-state index is 0.428. The number of aromatic nitrogens is 2. The van der Waals surface area contributed by atoms with Gasteiger partial charge in [-0.15, -0.1) is 0 Å². The molecule has 0 aliphatic heterocycles. The van der Waals surface area contributed by atoms with E-state index in [2.05, 4.69) is 37.4 Å². The zero-order valence-electron chi connectivity index (χ0n) is 10.7. The van der Waals surface area contributed by atoms with Crippen LogP contribution in [0.2, 0.25) is 0 Å². The molecule has 0 bridgehead atoms. The van der Waals surface area contributed by atoms with Crippen LogP contribution in [0, 0.1) is 0 Å². The molecular formula is C12H23N3S. The highest BCUT2D eigenvalue weighted by atomic mass is 32.2. The fourth-order valence-electron chi connectivity index (χ4n) is 1.52. The summed E-state index contributed by atoms with van der Waals surface area (Å²) >= 11 is 2.03. The molecule has 0 saturated carbocycles. The summed E-state index contributed by atoms with van der Waals surface area (Å²) in [6.07, 6.45) is 5.30. The van der Waals surface area contributed by atoms with Crippen LogP contribution in [0.4, 0.5) is 0 Å². The van der Waals surface area contributed by atoms with Gasteiger partial charge in [0.05, 0.1) is 6.20 Å². The Bertz CT molecular complexity index is 298. The topological polar surface area (TPSA) is 29.9 Å². The van der Waals surface area contributed by atoms with Gasteiger partial charge in [-0.05, 0) is 13.0 Å². The molecule has 0 spiro atoms. The monoisotopic (exact) mass is 241 g/mol. The molecule has 1 heterocycles. The molecule has 16 heavy (non-hydrogen) atoms. The Kier molecular flexibility index (Phi) is 5.91. The first kappa shape index (κ1) is 13.6. The van der Waals surface area contributed by atoms with Crippen molar-refractivity contribution in [1.29, 1.82) is 0 Å². The molecule has 1 aromatic rings. The van der Waals surface area contributed by atoms with Crippen LogP contribution in [0.1, 0.15) is 38.8 Å². The summed E-state index contributed by atoms with van der Waals surface area (Å²) < 4.78 is 1.87. The van der Waals surface area contributed by atoms with E-state index in [1.165, 1.54) is 12.0 Å². The Labute approximate surface area is 103 Å². The zero-order chi connectivity index (χ0) is 12.0. The summed E-state index contributed by atoms with van der Waals surface area (Å²) in [5.74, 6) is 1.12. The maximum absolute atomic E-state index is 4.23. The van der Waals surface area contributed by atoms with Gasteiger partial charge in [-0.25, -0.2) is 0 Å². The molecular weight excluding hydrogens is 218 g/mol. The van der Waals surface area contributed by atoms with Gasteiger partial charge in [-0.1, -0.05) is 20.8 Å². The number of rotatable bonds is 7. The van der Waals surface area contributed by atoms with Gasteiger partial charge in [0.25, 0.3) is 0 Å². The molecule has 2 unspecified atom stereocenters. The van der Waals surface area contributed by atoms with Crippen LogP contribution >= 0.6 is 11.8 Å². The number of nitrogens with one attached hydrogen (secondary N) is 1. The van der Waals surface area contributed by atoms with Crippen molar-refractivity contribution in [2.75, 3.05) is 12.3 Å². The van der Waals surface area contributed by atoms with Crippen LogP contribution < -0.4 is 5.32 Å². The molecule has 0 fully saturated rings. The smallest absolute Gasteiger partial charge is 0.0537 e. The lowest BCUT2D eigenvalue weighted by Gasteiger charge is -2.18. The van der Waals surface area contributed by atoms with Crippen molar-refractivity contribution in [3.05, 3.63) is 18.0 Å². The highest BCUT2D eigenvalue weighted by Gasteiger charge is 2.13. The van der Waals surface area contributed by atoms with E-state index in [0.717, 1.165) is 17.5 Å². The van der Waals surface area contributed by atoms with E-state index in [4.69, 9.17) is 0 Å². The average Bonchev–Trinajstić information content (AvgIpc) is 2.70. The van der Waals surface area contributed by atoms with Crippen LogP contribution in [-0.4, -0.2) is 27.3 Å². The van der Waals surface area contributed by atoms with Gasteiger partial charge in [0.2, 0.25) is 0 Å². The molecule has 1 aromatic heterocycles. The second-order valence-corrected chi connectivity index (χ2v) is 5.58. The maximum Gasteiger partial charge on any atom is 0.0537 e. The summed E-state index contributed by atoms with van der Waals surface area (Å²) in [5, 5.41) is 8.49. The molecule has 1 N–H and O–H groups in total. The number of thioether (sulfide) groups is 1. The number of hydrogen-bond acceptors (Lipinski definition) is 3. The summed E-state index contributed by atoms with van der Waals surface area (Å²) in [5.41, 5.74) is 1.29. The van der Waals surface area contributed by atoms with Crippen molar-refractivity contribution >= 4 is 11.8 Å². The third-order valence-corrected chi connectivity index (χ3v) is 4.13. The van der Waals surface area contributed by atoms with E-state index < -0.39 is 0 Å². The molecule has 0 amide bonds. The SMILES string of the molecule is CCNC(CSC(C)CC)c1cnn(C)c1. The standard InChI is InChI=1S/C12H23N3S/c1-5-10(3)16-9-12(13-6-2)11-7-14-15(4)8-11/h7-8,10,12-13H,5-6,9H2,1-4H3. The molecule has 3 nitrogen and oxygen atoms in total. The van der Waals surface area contributed by atoms with E-state index in [0.29, 0.717) is 6.04 Å². The van der Waals surface area contributed by atoms with Gasteiger partial charge < -0.3 is 5.32 Å². The fourth-order valence-corrected chi connectivity index (χ4v) is 2.58. The molecule has 2 atom stereocenters. The van der Waals surface area contributed by atoms with E-state index >= 15 is 0 Å². The van der Waals surface area contributed by atoms with Gasteiger partial charge in [0.15, 0.2) is 0 Å². The van der Waals surface area contributed by atoms with E-state index in [9.17, 15) is 0 Å². The Hall–Kier alpha value is -0.480. The van der Waals surface area contributed by atoms with E-state index in [1.807, 2.05) is 29.7 Å². The van der Waals surface area contributed by atoms with Crippen LogP contribution in [0.3, 0.4) is 0 Å². The van der Waals surface area contributed by atoms with Crippen LogP contribution in [0.15, 0.2) is 12.4 Å². The molecule has 4 heteroatoms. The highest BCUT2D eigenvalue weighted by molar-refractivity contribution is 7.99. The van der Waals surface area contributed by atoms with Crippen molar-refractivity contribution in [2.45, 2.75) is 38.5 Å². The molecule has 0 radical (unpaired) electrons. The molecule has 0 aromatic carbocycles. The summed E-state index contributed by atoms with van der Waals surface area (Å²) in [7, 11) is 1.97. The largest absolute Gasteiger partial charge is 0.309 e. The predicted molar refractivity (Wildman–Crippen MR) is 71.8 cm³/mol. The Morgan fingerprint density at radius 1 is 1.50 bits per heavy atom. The van der Waals surface area contributed by atoms with Gasteiger partial charge in [0, 0.05) is 35.9 Å². The predicted octanol–water partition coefficient (Wildman–Crippen LogP) is 2.60. The lowest BCUT2D eigenvalue weighted by Crippen LogP contribution is -2.23. The molecule has 0 saturated heterocycles. The van der Waals surface area contributed by atoms with Crippen molar-refractivity contribution in [1.82, 2.24) is 15.1 Å². The van der Waals surface area contributed by atoms with Gasteiger partial charge in [-0.3, -0.25) is 4.68 Å². The Morgan fingerprint density at radius 3 is 2.75 bits per heavy atom. The van der Waals surface area contributed by atoms with Crippen molar-refractivity contribution in [3.63, 3.8) is 0 Å². The first-order valence-corrected chi connectivity index (χ1v) is 7.05. The van der Waals surface area contributed by atoms with E-state index in [1.54, 1.807) is 0 Å². The quantitative estimate of drug-likeness (QED) is 0.796. The normalized spacial score (nSPS) is 15.0. The molecule has 0 aliphatic rings. The molecule has 92 valence electrons. The number of hydrogen-bond donors (Lipinski definition) is 1. The van der Waals surface area contributed by atoms with Gasteiger partial charge in [-0.2, -0.15) is 16.9 Å². The van der Waals surface area contributed by atoms with Crippen molar-refractivity contribution in [2.24, 2.45) is 7.05 Å². The second kappa shape index (κ2) is 6.97. The summed E-state index contributed by atoms with van der Waals surface area (Å²) in [6, 6.07) is 0.428. The lowest BCUT2D eigenvalue weighted by atomic mass is 10.2. The highest BCUT2D eigenvalue weighted by Crippen LogP contribution is 2.22. The molecule has 0 aliphatic carbocycles. The minimum atomic E-state index is 0.428. The summed E-state index contributed by atoms with van der Waals surface area (Å²) in [6.45, 7) is 7.68. The first-order chi connectivity index (χ1) is 7.67. The van der Waals surface area contributed by atoms with Crippen molar-refractivity contribution in [3.8, 4) is 0 Å². The lowest BCUT2D eigenvalue weighted by molar-refractivity contribution is 0.604. The second-order valence-electron chi connectivity index (χ2n) is 4.11. The number of nitrogens with zero attached hydrogens (tertiary/aromatic N) is 2. The number of aryl methyl sites for hydroxylation is 1. The van der Waals surface area contributed by atoms with Crippen molar-refractivity contribution < 1.29 is 0 Å². The Morgan fingerprint density at radius 2 is 2.25 bits per heavy atom. The van der Waals surface area contributed by atoms with Crippen LogP contribution in [0.5, 0.6) is 0 Å². The van der Waals surface area contributed by atoms with Crippen LogP contribution in [0.25, 0.3) is 0 Å². The fraction of sp³-hybridized carbons (Fsp3) is 0.750. The van der Waals surface area contributed by atoms with E-state index in [-0.39, 0.29) is 0 Å². The first-order valence-electron chi connectivity index (χ1n) is 6.00. The maximum atomic E-state index is 4.23. The minimum Gasteiger partial charge on any atom is -0.309 e. The third-order valence-electron chi connectivity index (χ3n) is 2.70.